The number of ether oxygens (including phenoxy) is 1. The van der Waals surface area contributed by atoms with Crippen molar-refractivity contribution >= 4 is 40.6 Å². The second kappa shape index (κ2) is 9.49. The normalized spacial score (nSPS) is 10.4. The lowest BCUT2D eigenvalue weighted by atomic mass is 10.3. The number of carbonyl (C=O) groups excluding carboxylic acids is 1. The predicted octanol–water partition coefficient (Wildman–Crippen LogP) is 4.64. The third-order valence-electron chi connectivity index (χ3n) is 3.52. The summed E-state index contributed by atoms with van der Waals surface area (Å²) in [5, 5.41) is 3.61. The van der Waals surface area contributed by atoms with Crippen LogP contribution in [0.25, 0.3) is 0 Å². The summed E-state index contributed by atoms with van der Waals surface area (Å²) in [5.41, 5.74) is 0.614. The van der Waals surface area contributed by atoms with Crippen molar-refractivity contribution < 1.29 is 9.53 Å². The van der Waals surface area contributed by atoms with Gasteiger partial charge in [-0.15, -0.1) is 0 Å². The first-order chi connectivity index (χ1) is 12.0. The molecule has 0 aliphatic rings. The largest absolute Gasteiger partial charge is 0.482 e. The monoisotopic (exact) mass is 381 g/mol. The van der Waals surface area contributed by atoms with E-state index in [1.807, 2.05) is 19.2 Å². The molecule has 1 amide bonds. The lowest BCUT2D eigenvalue weighted by Crippen LogP contribution is -2.21. The predicted molar refractivity (Wildman–Crippen MR) is 103 cm³/mol. The van der Waals surface area contributed by atoms with Crippen molar-refractivity contribution in [3.63, 3.8) is 0 Å². The number of hydrogen-bond donors (Lipinski definition) is 1. The minimum atomic E-state index is -0.292. The minimum Gasteiger partial charge on any atom is -0.482 e. The van der Waals surface area contributed by atoms with Gasteiger partial charge in [-0.25, -0.2) is 4.98 Å². The summed E-state index contributed by atoms with van der Waals surface area (Å²) < 4.78 is 5.40. The molecule has 0 radical (unpaired) electrons. The van der Waals surface area contributed by atoms with Crippen LogP contribution in [0.15, 0.2) is 36.5 Å². The van der Waals surface area contributed by atoms with Gasteiger partial charge in [0.05, 0.1) is 16.9 Å². The van der Waals surface area contributed by atoms with Gasteiger partial charge < -0.3 is 15.0 Å². The molecule has 2 rings (SSSR count). The highest BCUT2D eigenvalue weighted by Crippen LogP contribution is 2.27. The fourth-order valence-corrected chi connectivity index (χ4v) is 2.59. The van der Waals surface area contributed by atoms with Crippen molar-refractivity contribution in [2.45, 2.75) is 19.8 Å². The average Bonchev–Trinajstić information content (AvgIpc) is 2.59. The van der Waals surface area contributed by atoms with Crippen LogP contribution in [-0.4, -0.2) is 31.1 Å². The van der Waals surface area contributed by atoms with E-state index in [2.05, 4.69) is 22.1 Å². The number of hydrogen-bond acceptors (Lipinski definition) is 4. The summed E-state index contributed by atoms with van der Waals surface area (Å²) in [6.45, 7) is 2.95. The van der Waals surface area contributed by atoms with Crippen LogP contribution < -0.4 is 15.0 Å². The Morgan fingerprint density at radius 2 is 2.08 bits per heavy atom. The van der Waals surface area contributed by atoms with Gasteiger partial charge in [-0.1, -0.05) is 36.5 Å². The molecule has 25 heavy (non-hydrogen) atoms. The van der Waals surface area contributed by atoms with Crippen LogP contribution in [0.3, 0.4) is 0 Å². The molecule has 0 aliphatic carbocycles. The molecule has 7 heteroatoms. The number of benzene rings is 1. The van der Waals surface area contributed by atoms with Crippen LogP contribution in [0.5, 0.6) is 5.75 Å². The van der Waals surface area contributed by atoms with Crippen LogP contribution in [0, 0.1) is 0 Å². The number of unbranched alkanes of at least 4 members (excludes halogenated alkanes) is 1. The molecule has 2 aromatic rings. The maximum absolute atomic E-state index is 12.0. The van der Waals surface area contributed by atoms with Crippen molar-refractivity contribution in [3.05, 3.63) is 46.6 Å². The molecule has 1 aromatic carbocycles. The number of pyridine rings is 1. The van der Waals surface area contributed by atoms with Gasteiger partial charge in [0.15, 0.2) is 6.61 Å². The van der Waals surface area contributed by atoms with Crippen LogP contribution >= 0.6 is 23.2 Å². The van der Waals surface area contributed by atoms with E-state index >= 15 is 0 Å². The number of anilines is 2. The SMILES string of the molecule is CCCCN(C)c1ccc(NC(=O)COc2ccc(Cl)cc2Cl)cn1. The van der Waals surface area contributed by atoms with E-state index in [1.54, 1.807) is 24.4 Å². The van der Waals surface area contributed by atoms with E-state index in [0.29, 0.717) is 21.5 Å². The molecule has 0 aliphatic heterocycles. The minimum absolute atomic E-state index is 0.153. The maximum Gasteiger partial charge on any atom is 0.262 e. The van der Waals surface area contributed by atoms with Gasteiger partial charge >= 0.3 is 0 Å². The van der Waals surface area contributed by atoms with Gasteiger partial charge in [0, 0.05) is 18.6 Å². The van der Waals surface area contributed by atoms with Gasteiger partial charge in [0.25, 0.3) is 5.91 Å². The molecule has 0 saturated carbocycles. The van der Waals surface area contributed by atoms with E-state index in [9.17, 15) is 4.79 Å². The molecular weight excluding hydrogens is 361 g/mol. The van der Waals surface area contributed by atoms with Gasteiger partial charge in [0.1, 0.15) is 11.6 Å². The number of halogens is 2. The van der Waals surface area contributed by atoms with Gasteiger partial charge in [-0.3, -0.25) is 4.79 Å². The molecule has 1 heterocycles. The number of rotatable bonds is 8. The number of nitrogens with one attached hydrogen (secondary N) is 1. The van der Waals surface area contributed by atoms with E-state index in [0.717, 1.165) is 25.2 Å². The summed E-state index contributed by atoms with van der Waals surface area (Å²) in [7, 11) is 2.00. The van der Waals surface area contributed by atoms with Crippen molar-refractivity contribution in [1.82, 2.24) is 4.98 Å². The average molecular weight is 382 g/mol. The Labute approximate surface area is 157 Å². The molecule has 1 aromatic heterocycles. The first-order valence-corrected chi connectivity index (χ1v) is 8.80. The zero-order chi connectivity index (χ0) is 18.2. The van der Waals surface area contributed by atoms with Crippen molar-refractivity contribution in [3.8, 4) is 5.75 Å². The standard InChI is InChI=1S/C18H21Cl2N3O2/c1-3-4-9-23(2)17-8-6-14(11-21-17)22-18(24)12-25-16-7-5-13(19)10-15(16)20/h5-8,10-11H,3-4,9,12H2,1-2H3,(H,22,24). The summed E-state index contributed by atoms with van der Waals surface area (Å²) >= 11 is 11.8. The van der Waals surface area contributed by atoms with Crippen LogP contribution in [-0.2, 0) is 4.79 Å². The molecular formula is C18H21Cl2N3O2. The lowest BCUT2D eigenvalue weighted by molar-refractivity contribution is -0.118. The highest BCUT2D eigenvalue weighted by molar-refractivity contribution is 6.35. The lowest BCUT2D eigenvalue weighted by Gasteiger charge is -2.17. The molecule has 0 atom stereocenters. The molecule has 134 valence electrons. The topological polar surface area (TPSA) is 54.5 Å². The second-order valence-corrected chi connectivity index (χ2v) is 6.44. The Morgan fingerprint density at radius 3 is 2.72 bits per heavy atom. The van der Waals surface area contributed by atoms with Crippen LogP contribution in [0.4, 0.5) is 11.5 Å². The molecule has 0 spiro atoms. The summed E-state index contributed by atoms with van der Waals surface area (Å²) in [4.78, 5) is 18.4. The van der Waals surface area contributed by atoms with E-state index in [-0.39, 0.29) is 12.5 Å². The fourth-order valence-electron chi connectivity index (χ4n) is 2.13. The molecule has 0 fully saturated rings. The third-order valence-corrected chi connectivity index (χ3v) is 4.05. The zero-order valence-electron chi connectivity index (χ0n) is 14.3. The highest BCUT2D eigenvalue weighted by Gasteiger charge is 2.08. The van der Waals surface area contributed by atoms with Gasteiger partial charge in [0.2, 0.25) is 0 Å². The van der Waals surface area contributed by atoms with E-state index < -0.39 is 0 Å². The Morgan fingerprint density at radius 1 is 1.28 bits per heavy atom. The van der Waals surface area contributed by atoms with E-state index in [4.69, 9.17) is 27.9 Å². The number of carbonyl (C=O) groups is 1. The second-order valence-electron chi connectivity index (χ2n) is 5.59. The first kappa shape index (κ1) is 19.3. The Kier molecular flexibility index (Phi) is 7.34. The zero-order valence-corrected chi connectivity index (χ0v) is 15.8. The number of amides is 1. The Balaban J connectivity index is 1.85. The highest BCUT2D eigenvalue weighted by atomic mass is 35.5. The van der Waals surface area contributed by atoms with Crippen LogP contribution in [0.2, 0.25) is 10.0 Å². The first-order valence-electron chi connectivity index (χ1n) is 8.04. The Hall–Kier alpha value is -1.98. The Bertz CT molecular complexity index is 708. The quantitative estimate of drug-likeness (QED) is 0.723. The summed E-state index contributed by atoms with van der Waals surface area (Å²) in [6, 6.07) is 8.53. The summed E-state index contributed by atoms with van der Waals surface area (Å²) in [5.74, 6) is 0.989. The third kappa shape index (κ3) is 6.11. The smallest absolute Gasteiger partial charge is 0.262 e. The van der Waals surface area contributed by atoms with Crippen molar-refractivity contribution in [2.24, 2.45) is 0 Å². The van der Waals surface area contributed by atoms with E-state index in [1.165, 1.54) is 0 Å². The molecule has 1 N–H and O–H groups in total. The molecule has 0 bridgehead atoms. The van der Waals surface area contributed by atoms with Crippen molar-refractivity contribution in [2.75, 3.05) is 30.4 Å². The van der Waals surface area contributed by atoms with Crippen molar-refractivity contribution in [1.29, 1.82) is 0 Å². The van der Waals surface area contributed by atoms with Crippen LogP contribution in [0.1, 0.15) is 19.8 Å². The number of nitrogens with zero attached hydrogens (tertiary/aromatic N) is 2. The van der Waals surface area contributed by atoms with Gasteiger partial charge in [-0.05, 0) is 36.8 Å². The molecule has 5 nitrogen and oxygen atoms in total. The maximum atomic E-state index is 12.0. The summed E-state index contributed by atoms with van der Waals surface area (Å²) in [6.07, 6.45) is 3.88. The van der Waals surface area contributed by atoms with Gasteiger partial charge in [-0.2, -0.15) is 0 Å². The molecule has 0 unspecified atom stereocenters. The molecule has 0 saturated heterocycles. The fraction of sp³-hybridized carbons (Fsp3) is 0.333. The number of aromatic nitrogens is 1.